The minimum Gasteiger partial charge on any atom is -0.348 e. The Balaban J connectivity index is 2.24. The summed E-state index contributed by atoms with van der Waals surface area (Å²) >= 11 is 12.0. The normalized spacial score (nSPS) is 12.5. The molecule has 0 aliphatic rings. The van der Waals surface area contributed by atoms with Crippen molar-refractivity contribution < 1.29 is 13.2 Å². The first-order valence-corrected chi connectivity index (χ1v) is 11.4. The molecule has 2 rings (SSSR count). The van der Waals surface area contributed by atoms with E-state index in [-0.39, 0.29) is 28.3 Å². The van der Waals surface area contributed by atoms with Crippen LogP contribution in [0.2, 0.25) is 10.0 Å². The highest BCUT2D eigenvalue weighted by Gasteiger charge is 2.23. The molecular formula is C20H24Cl2N2O3S. The van der Waals surface area contributed by atoms with Gasteiger partial charge in [-0.1, -0.05) is 48.3 Å². The van der Waals surface area contributed by atoms with Crippen LogP contribution in [0.25, 0.3) is 0 Å². The van der Waals surface area contributed by atoms with Crippen molar-refractivity contribution in [2.75, 3.05) is 17.1 Å². The van der Waals surface area contributed by atoms with Crippen LogP contribution in [0.15, 0.2) is 36.4 Å². The van der Waals surface area contributed by atoms with E-state index in [1.54, 1.807) is 0 Å². The summed E-state index contributed by atoms with van der Waals surface area (Å²) in [5, 5.41) is 3.50. The maximum Gasteiger partial charge on any atom is 0.241 e. The predicted molar refractivity (Wildman–Crippen MR) is 116 cm³/mol. The second kappa shape index (κ2) is 9.16. The molecule has 8 heteroatoms. The van der Waals surface area contributed by atoms with E-state index in [0.29, 0.717) is 6.42 Å². The van der Waals surface area contributed by atoms with E-state index >= 15 is 0 Å². The van der Waals surface area contributed by atoms with Crippen LogP contribution in [0.1, 0.15) is 36.1 Å². The van der Waals surface area contributed by atoms with Crippen molar-refractivity contribution in [3.8, 4) is 0 Å². The second-order valence-electron chi connectivity index (χ2n) is 6.77. The van der Waals surface area contributed by atoms with Crippen LogP contribution in [0.3, 0.4) is 0 Å². The fourth-order valence-electron chi connectivity index (χ4n) is 2.86. The molecular weight excluding hydrogens is 419 g/mol. The predicted octanol–water partition coefficient (Wildman–Crippen LogP) is 4.64. The Hall–Kier alpha value is -1.76. The summed E-state index contributed by atoms with van der Waals surface area (Å²) in [5.41, 5.74) is 3.53. The van der Waals surface area contributed by atoms with Crippen LogP contribution in [0.4, 0.5) is 5.69 Å². The molecule has 0 aliphatic carbocycles. The lowest BCUT2D eigenvalue weighted by molar-refractivity contribution is -0.120. The summed E-state index contributed by atoms with van der Waals surface area (Å²) in [7, 11) is -3.71. The lowest BCUT2D eigenvalue weighted by atomic mass is 9.99. The molecule has 0 radical (unpaired) electrons. The van der Waals surface area contributed by atoms with Crippen molar-refractivity contribution in [1.82, 2.24) is 5.32 Å². The first kappa shape index (κ1) is 22.5. The van der Waals surface area contributed by atoms with Gasteiger partial charge in [-0.15, -0.1) is 0 Å². The van der Waals surface area contributed by atoms with Crippen LogP contribution < -0.4 is 9.62 Å². The number of amides is 1. The first-order valence-electron chi connectivity index (χ1n) is 8.81. The van der Waals surface area contributed by atoms with Gasteiger partial charge in [-0.05, 0) is 55.2 Å². The molecule has 2 aromatic carbocycles. The number of benzene rings is 2. The molecule has 0 heterocycles. The summed E-state index contributed by atoms with van der Waals surface area (Å²) in [6.07, 6.45) is 1.71. The number of sulfonamides is 1. The molecule has 1 atom stereocenters. The van der Waals surface area contributed by atoms with E-state index < -0.39 is 15.9 Å². The Kier molecular flexibility index (Phi) is 7.37. The second-order valence-corrected chi connectivity index (χ2v) is 9.55. The van der Waals surface area contributed by atoms with E-state index in [9.17, 15) is 13.2 Å². The van der Waals surface area contributed by atoms with Crippen molar-refractivity contribution in [3.05, 3.63) is 63.1 Å². The topological polar surface area (TPSA) is 66.5 Å². The molecule has 1 N–H and O–H groups in total. The van der Waals surface area contributed by atoms with Gasteiger partial charge in [0.05, 0.1) is 18.0 Å². The third kappa shape index (κ3) is 5.87. The Labute approximate surface area is 176 Å². The van der Waals surface area contributed by atoms with Crippen molar-refractivity contribution in [2.24, 2.45) is 0 Å². The maximum absolute atomic E-state index is 12.7. The number of aryl methyl sites for hydroxylation is 2. The van der Waals surface area contributed by atoms with Crippen molar-refractivity contribution >= 4 is 44.8 Å². The number of carbonyl (C=O) groups is 1. The Morgan fingerprint density at radius 1 is 1.07 bits per heavy atom. The summed E-state index contributed by atoms with van der Waals surface area (Å²) < 4.78 is 25.5. The molecule has 152 valence electrons. The largest absolute Gasteiger partial charge is 0.348 e. The highest BCUT2D eigenvalue weighted by atomic mass is 35.5. The van der Waals surface area contributed by atoms with E-state index in [2.05, 4.69) is 5.32 Å². The number of halogens is 2. The Morgan fingerprint density at radius 3 is 2.18 bits per heavy atom. The standard InChI is InChI=1S/C20H24Cl2N2O3S/c1-5-19(15-7-6-13(2)14(3)8-15)23-20(25)12-24(28(4,26)27)18-10-16(21)9-17(22)11-18/h6-11,19H,5,12H2,1-4H3,(H,23,25). The molecule has 0 saturated heterocycles. The summed E-state index contributed by atoms with van der Waals surface area (Å²) in [6, 6.07) is 10.2. The van der Waals surface area contributed by atoms with Gasteiger partial charge in [-0.25, -0.2) is 8.42 Å². The minimum absolute atomic E-state index is 0.212. The van der Waals surface area contributed by atoms with Gasteiger partial charge in [0.2, 0.25) is 15.9 Å². The quantitative estimate of drug-likeness (QED) is 0.678. The lowest BCUT2D eigenvalue weighted by Gasteiger charge is -2.24. The number of rotatable bonds is 7. The van der Waals surface area contributed by atoms with Crippen LogP contribution in [-0.2, 0) is 14.8 Å². The van der Waals surface area contributed by atoms with Gasteiger partial charge in [-0.2, -0.15) is 0 Å². The highest BCUT2D eigenvalue weighted by Crippen LogP contribution is 2.27. The van der Waals surface area contributed by atoms with E-state index in [1.165, 1.54) is 23.8 Å². The summed E-state index contributed by atoms with van der Waals surface area (Å²) in [6.45, 7) is 5.64. The number of nitrogens with zero attached hydrogens (tertiary/aromatic N) is 1. The molecule has 1 unspecified atom stereocenters. The van der Waals surface area contributed by atoms with Gasteiger partial charge in [0.25, 0.3) is 0 Å². The zero-order valence-corrected chi connectivity index (χ0v) is 18.6. The van der Waals surface area contributed by atoms with Crippen LogP contribution in [-0.4, -0.2) is 27.1 Å². The van der Waals surface area contributed by atoms with Gasteiger partial charge >= 0.3 is 0 Å². The molecule has 2 aromatic rings. The van der Waals surface area contributed by atoms with E-state index in [0.717, 1.165) is 21.7 Å². The van der Waals surface area contributed by atoms with Crippen LogP contribution in [0, 0.1) is 13.8 Å². The number of nitrogens with one attached hydrogen (secondary N) is 1. The molecule has 5 nitrogen and oxygen atoms in total. The first-order chi connectivity index (χ1) is 13.0. The van der Waals surface area contributed by atoms with Gasteiger partial charge < -0.3 is 5.32 Å². The molecule has 0 fully saturated rings. The average molecular weight is 443 g/mol. The molecule has 0 spiro atoms. The summed E-state index contributed by atoms with van der Waals surface area (Å²) in [5.74, 6) is -0.411. The molecule has 0 saturated carbocycles. The van der Waals surface area contributed by atoms with Crippen LogP contribution in [0.5, 0.6) is 0 Å². The number of anilines is 1. The SMILES string of the molecule is CCC(NC(=O)CN(c1cc(Cl)cc(Cl)c1)S(C)(=O)=O)c1ccc(C)c(C)c1. The monoisotopic (exact) mass is 442 g/mol. The molecule has 1 amide bonds. The zero-order valence-electron chi connectivity index (χ0n) is 16.3. The van der Waals surface area contributed by atoms with Gasteiger partial charge in [-0.3, -0.25) is 9.10 Å². The highest BCUT2D eigenvalue weighted by molar-refractivity contribution is 7.92. The van der Waals surface area contributed by atoms with Gasteiger partial charge in [0.1, 0.15) is 6.54 Å². The van der Waals surface area contributed by atoms with Gasteiger partial charge in [0.15, 0.2) is 0 Å². The lowest BCUT2D eigenvalue weighted by Crippen LogP contribution is -2.41. The molecule has 28 heavy (non-hydrogen) atoms. The third-order valence-electron chi connectivity index (χ3n) is 4.50. The smallest absolute Gasteiger partial charge is 0.241 e. The number of carbonyl (C=O) groups excluding carboxylic acids is 1. The fraction of sp³-hybridized carbons (Fsp3) is 0.350. The fourth-order valence-corrected chi connectivity index (χ4v) is 4.21. The van der Waals surface area contributed by atoms with Crippen molar-refractivity contribution in [2.45, 2.75) is 33.2 Å². The third-order valence-corrected chi connectivity index (χ3v) is 6.08. The number of hydrogen-bond acceptors (Lipinski definition) is 3. The molecule has 0 bridgehead atoms. The molecule has 0 aliphatic heterocycles. The Morgan fingerprint density at radius 2 is 1.68 bits per heavy atom. The van der Waals surface area contributed by atoms with Gasteiger partial charge in [0, 0.05) is 10.0 Å². The van der Waals surface area contributed by atoms with Crippen LogP contribution >= 0.6 is 23.2 Å². The number of hydrogen-bond donors (Lipinski definition) is 1. The van der Waals surface area contributed by atoms with E-state index in [1.807, 2.05) is 39.0 Å². The van der Waals surface area contributed by atoms with Crippen molar-refractivity contribution in [3.63, 3.8) is 0 Å². The molecule has 0 aromatic heterocycles. The maximum atomic E-state index is 12.7. The van der Waals surface area contributed by atoms with Crippen molar-refractivity contribution in [1.29, 1.82) is 0 Å². The van der Waals surface area contributed by atoms with E-state index in [4.69, 9.17) is 23.2 Å². The minimum atomic E-state index is -3.71. The average Bonchev–Trinajstić information content (AvgIpc) is 2.58. The Bertz CT molecular complexity index is 957. The zero-order chi connectivity index (χ0) is 21.1. The summed E-state index contributed by atoms with van der Waals surface area (Å²) in [4.78, 5) is 12.7.